The minimum absolute atomic E-state index is 0.0427. The van der Waals surface area contributed by atoms with Gasteiger partial charge in [-0.2, -0.15) is 0 Å². The monoisotopic (exact) mass is 730 g/mol. The van der Waals surface area contributed by atoms with E-state index >= 15 is 0 Å². The zero-order valence-electron chi connectivity index (χ0n) is 31.3. The summed E-state index contributed by atoms with van der Waals surface area (Å²) in [5.74, 6) is -2.22. The zero-order valence-corrected chi connectivity index (χ0v) is 31.3. The second-order valence-electron chi connectivity index (χ2n) is 14.7. The van der Waals surface area contributed by atoms with Gasteiger partial charge in [-0.3, -0.25) is 29.1 Å². The summed E-state index contributed by atoms with van der Waals surface area (Å²) in [6.45, 7) is 8.25. The number of Topliss-reactive ketones (excluding diaryl/α,β-unsaturated/α-hetero) is 2. The molecule has 3 heterocycles. The van der Waals surface area contributed by atoms with Gasteiger partial charge in [0.15, 0.2) is 11.6 Å². The standard InChI is InChI=1S/C40H48B2N6O6/c1-27(2)19-32(24-37(50)33(22-30-13-9-6-10-14-30)47-40(52)35-26-44-16-18-46-35)41-53-42(54-41)38(20-28(3)4)48-39(51)31(21-29-11-7-5-8-12-29)23-36(49)34-25-43-15-17-45-34/h5-18,25-28,31-33,38H,19-24H2,1-4H3,(H,47,52)(H,48,51). The lowest BCUT2D eigenvalue weighted by atomic mass is 9.54. The van der Waals surface area contributed by atoms with Gasteiger partial charge in [0.2, 0.25) is 5.91 Å². The lowest BCUT2D eigenvalue weighted by molar-refractivity contribution is -0.125. The maximum atomic E-state index is 14.0. The van der Waals surface area contributed by atoms with Crippen molar-refractivity contribution in [3.05, 3.63) is 120 Å². The highest BCUT2D eigenvalue weighted by molar-refractivity contribution is 6.75. The molecule has 4 aromatic rings. The number of benzene rings is 2. The topological polar surface area (TPSA) is 162 Å². The van der Waals surface area contributed by atoms with E-state index in [4.69, 9.17) is 9.14 Å². The molecule has 54 heavy (non-hydrogen) atoms. The predicted molar refractivity (Wildman–Crippen MR) is 206 cm³/mol. The molecule has 0 saturated carbocycles. The molecule has 1 saturated heterocycles. The molecule has 1 aliphatic rings. The van der Waals surface area contributed by atoms with Crippen molar-refractivity contribution in [3.63, 3.8) is 0 Å². The van der Waals surface area contributed by atoms with Crippen LogP contribution in [0.4, 0.5) is 0 Å². The lowest BCUT2D eigenvalue weighted by Crippen LogP contribution is -2.63. The number of nitrogens with zero attached hydrogens (tertiary/aromatic N) is 4. The van der Waals surface area contributed by atoms with Crippen molar-refractivity contribution < 1.29 is 28.3 Å². The number of hydrogen-bond donors (Lipinski definition) is 2. The Morgan fingerprint density at radius 1 is 0.667 bits per heavy atom. The third-order valence-corrected chi connectivity index (χ3v) is 9.29. The van der Waals surface area contributed by atoms with Gasteiger partial charge in [-0.25, -0.2) is 9.97 Å². The summed E-state index contributed by atoms with van der Waals surface area (Å²) in [5.41, 5.74) is 2.17. The summed E-state index contributed by atoms with van der Waals surface area (Å²) < 4.78 is 12.8. The Hall–Kier alpha value is -5.07. The van der Waals surface area contributed by atoms with Gasteiger partial charge in [0, 0.05) is 43.5 Å². The van der Waals surface area contributed by atoms with Gasteiger partial charge in [-0.05, 0) is 54.5 Å². The molecule has 2 amide bonds. The molecule has 2 N–H and O–H groups in total. The van der Waals surface area contributed by atoms with Crippen LogP contribution in [0, 0.1) is 17.8 Å². The van der Waals surface area contributed by atoms with Crippen molar-refractivity contribution in [2.75, 3.05) is 0 Å². The van der Waals surface area contributed by atoms with Crippen LogP contribution in [0.5, 0.6) is 0 Å². The van der Waals surface area contributed by atoms with E-state index in [1.54, 1.807) is 0 Å². The van der Waals surface area contributed by atoms with E-state index in [0.29, 0.717) is 25.7 Å². The van der Waals surface area contributed by atoms with Gasteiger partial charge < -0.3 is 19.8 Å². The van der Waals surface area contributed by atoms with E-state index < -0.39 is 38.0 Å². The van der Waals surface area contributed by atoms with Crippen molar-refractivity contribution in [3.8, 4) is 0 Å². The Morgan fingerprint density at radius 2 is 1.24 bits per heavy atom. The number of carbonyl (C=O) groups is 4. The highest BCUT2D eigenvalue weighted by atomic mass is 16.7. The van der Waals surface area contributed by atoms with Crippen molar-refractivity contribution >= 4 is 37.6 Å². The fourth-order valence-electron chi connectivity index (χ4n) is 6.70. The van der Waals surface area contributed by atoms with Gasteiger partial charge in [0.05, 0.1) is 24.4 Å². The molecule has 0 radical (unpaired) electrons. The highest BCUT2D eigenvalue weighted by Gasteiger charge is 2.51. The number of ketones is 2. The third-order valence-electron chi connectivity index (χ3n) is 9.29. The minimum Gasteiger partial charge on any atom is -0.451 e. The molecule has 2 aromatic heterocycles. The van der Waals surface area contributed by atoms with Crippen molar-refractivity contribution in [2.45, 2.75) is 84.0 Å². The first kappa shape index (κ1) is 40.1. The summed E-state index contributed by atoms with van der Waals surface area (Å²) in [5, 5.41) is 6.03. The normalized spacial score (nSPS) is 14.9. The molecule has 280 valence electrons. The van der Waals surface area contributed by atoms with Crippen LogP contribution in [0.2, 0.25) is 5.82 Å². The number of rotatable bonds is 20. The van der Waals surface area contributed by atoms with Gasteiger partial charge in [-0.1, -0.05) is 88.4 Å². The summed E-state index contributed by atoms with van der Waals surface area (Å²) in [6, 6.07) is 18.3. The summed E-state index contributed by atoms with van der Waals surface area (Å²) in [4.78, 5) is 70.5. The molecule has 14 heteroatoms. The Labute approximate surface area is 318 Å². The maximum Gasteiger partial charge on any atom is 0.453 e. The first-order valence-corrected chi connectivity index (χ1v) is 18.6. The van der Waals surface area contributed by atoms with E-state index in [0.717, 1.165) is 11.1 Å². The fourth-order valence-corrected chi connectivity index (χ4v) is 6.70. The molecule has 0 spiro atoms. The van der Waals surface area contributed by atoms with E-state index in [1.165, 1.54) is 37.2 Å². The molecule has 4 unspecified atom stereocenters. The van der Waals surface area contributed by atoms with Crippen LogP contribution in [-0.4, -0.2) is 69.5 Å². The van der Waals surface area contributed by atoms with Crippen LogP contribution in [0.15, 0.2) is 97.8 Å². The largest absolute Gasteiger partial charge is 0.453 e. The second kappa shape index (κ2) is 19.8. The van der Waals surface area contributed by atoms with E-state index in [9.17, 15) is 19.2 Å². The molecular formula is C40H48B2N6O6. The van der Waals surface area contributed by atoms with E-state index in [2.05, 4.69) is 58.3 Å². The third kappa shape index (κ3) is 12.0. The van der Waals surface area contributed by atoms with Gasteiger partial charge >= 0.3 is 14.2 Å². The Bertz CT molecular complexity index is 1670. The molecule has 4 atom stereocenters. The van der Waals surface area contributed by atoms with Gasteiger partial charge in [0.1, 0.15) is 11.4 Å². The van der Waals surface area contributed by atoms with Crippen LogP contribution in [0.3, 0.4) is 0 Å². The quantitative estimate of drug-likeness (QED) is 0.0913. The first-order chi connectivity index (χ1) is 26.0. The Balaban J connectivity index is 1.27. The number of aromatic nitrogens is 4. The lowest BCUT2D eigenvalue weighted by Gasteiger charge is -2.41. The number of amides is 2. The average molecular weight is 730 g/mol. The number of hydrogen-bond acceptors (Lipinski definition) is 10. The SMILES string of the molecule is CC(C)CC(CC(=O)C(Cc1ccccc1)NC(=O)c1cnccn1)B1OB(C(CC(C)C)NC(=O)C(CC(=O)c2cnccn2)Cc2ccccc2)O1. The summed E-state index contributed by atoms with van der Waals surface area (Å²) in [6.07, 6.45) is 10.6. The van der Waals surface area contributed by atoms with Crippen LogP contribution >= 0.6 is 0 Å². The second-order valence-corrected chi connectivity index (χ2v) is 14.7. The molecule has 0 bridgehead atoms. The summed E-state index contributed by atoms with van der Waals surface area (Å²) >= 11 is 0. The van der Waals surface area contributed by atoms with Crippen LogP contribution in [-0.2, 0) is 31.6 Å². The Morgan fingerprint density at radius 3 is 1.80 bits per heavy atom. The van der Waals surface area contributed by atoms with Crippen molar-refractivity contribution in [1.82, 2.24) is 30.6 Å². The number of carbonyl (C=O) groups excluding carboxylic acids is 4. The number of nitrogens with one attached hydrogen (secondary N) is 2. The smallest absolute Gasteiger partial charge is 0.451 e. The summed E-state index contributed by atoms with van der Waals surface area (Å²) in [7, 11) is -1.42. The fraction of sp³-hybridized carbons (Fsp3) is 0.400. The molecule has 1 aliphatic heterocycles. The maximum absolute atomic E-state index is 14.0. The van der Waals surface area contributed by atoms with Crippen LogP contribution in [0.1, 0.15) is 85.5 Å². The molecule has 12 nitrogen and oxygen atoms in total. The minimum atomic E-state index is -0.813. The Kier molecular flexibility index (Phi) is 14.7. The molecular weight excluding hydrogens is 682 g/mol. The first-order valence-electron chi connectivity index (χ1n) is 18.6. The van der Waals surface area contributed by atoms with Gasteiger partial charge in [-0.15, -0.1) is 0 Å². The average Bonchev–Trinajstić information content (AvgIpc) is 3.14. The zero-order chi connectivity index (χ0) is 38.5. The predicted octanol–water partition coefficient (Wildman–Crippen LogP) is 5.21. The van der Waals surface area contributed by atoms with Crippen LogP contribution < -0.4 is 10.6 Å². The highest BCUT2D eigenvalue weighted by Crippen LogP contribution is 2.34. The molecule has 0 aliphatic carbocycles. The van der Waals surface area contributed by atoms with Crippen LogP contribution in [0.25, 0.3) is 0 Å². The van der Waals surface area contributed by atoms with E-state index in [1.807, 2.05) is 60.7 Å². The van der Waals surface area contributed by atoms with E-state index in [-0.39, 0.29) is 59.4 Å². The van der Waals surface area contributed by atoms with Gasteiger partial charge in [0.25, 0.3) is 5.91 Å². The molecule has 5 rings (SSSR count). The molecule has 2 aromatic carbocycles. The van der Waals surface area contributed by atoms with Crippen molar-refractivity contribution in [2.24, 2.45) is 17.8 Å². The van der Waals surface area contributed by atoms with Crippen molar-refractivity contribution in [1.29, 1.82) is 0 Å². The molecule has 1 fully saturated rings.